The van der Waals surface area contributed by atoms with Crippen LogP contribution < -0.4 is 19.9 Å². The SMILES string of the molecule is COc1cc(OC)c(NC(=O)[C@@H]2[C@@H](c3ccc(S(N)(=O)=O)cc3)C2(C)C)cc1Cl. The Bertz CT molecular complexity index is 1050. The molecule has 2 aromatic carbocycles. The van der Waals surface area contributed by atoms with Gasteiger partial charge in [0.1, 0.15) is 11.5 Å². The van der Waals surface area contributed by atoms with Gasteiger partial charge in [0.25, 0.3) is 0 Å². The summed E-state index contributed by atoms with van der Waals surface area (Å²) in [5.74, 6) is 0.355. The van der Waals surface area contributed by atoms with Crippen LogP contribution in [0.5, 0.6) is 11.5 Å². The Balaban J connectivity index is 1.83. The van der Waals surface area contributed by atoms with Crippen molar-refractivity contribution in [2.45, 2.75) is 24.7 Å². The Labute approximate surface area is 175 Å². The van der Waals surface area contributed by atoms with E-state index in [0.29, 0.717) is 22.2 Å². The molecule has 9 heteroatoms. The third kappa shape index (κ3) is 4.05. The largest absolute Gasteiger partial charge is 0.495 e. The number of hydrogen-bond acceptors (Lipinski definition) is 5. The number of benzene rings is 2. The molecule has 0 heterocycles. The highest BCUT2D eigenvalue weighted by molar-refractivity contribution is 7.89. The lowest BCUT2D eigenvalue weighted by Crippen LogP contribution is -2.17. The molecular weight excluding hydrogens is 416 g/mol. The molecule has 29 heavy (non-hydrogen) atoms. The maximum absolute atomic E-state index is 13.0. The van der Waals surface area contributed by atoms with E-state index in [4.69, 9.17) is 26.2 Å². The number of ether oxygens (including phenoxy) is 2. The summed E-state index contributed by atoms with van der Waals surface area (Å²) in [5.41, 5.74) is 1.04. The van der Waals surface area contributed by atoms with E-state index in [1.807, 2.05) is 13.8 Å². The number of anilines is 1. The highest BCUT2D eigenvalue weighted by Crippen LogP contribution is 2.64. The van der Waals surface area contributed by atoms with Crippen LogP contribution in [-0.2, 0) is 14.8 Å². The number of nitrogens with two attached hydrogens (primary N) is 1. The summed E-state index contributed by atoms with van der Waals surface area (Å²) in [6, 6.07) is 9.51. The van der Waals surface area contributed by atoms with E-state index in [1.54, 1.807) is 24.3 Å². The molecule has 7 nitrogen and oxygen atoms in total. The molecule has 1 amide bonds. The molecular formula is C20H23ClN2O5S. The van der Waals surface area contributed by atoms with E-state index in [0.717, 1.165) is 5.56 Å². The smallest absolute Gasteiger partial charge is 0.238 e. The Morgan fingerprint density at radius 3 is 2.21 bits per heavy atom. The van der Waals surface area contributed by atoms with Crippen molar-refractivity contribution < 1.29 is 22.7 Å². The molecule has 0 radical (unpaired) electrons. The van der Waals surface area contributed by atoms with Gasteiger partial charge < -0.3 is 14.8 Å². The predicted octanol–water partition coefficient (Wildman–Crippen LogP) is 3.38. The fraction of sp³-hybridized carbons (Fsp3) is 0.350. The van der Waals surface area contributed by atoms with Gasteiger partial charge in [-0.05, 0) is 29.2 Å². The average Bonchev–Trinajstić information content (AvgIpc) is 3.23. The van der Waals surface area contributed by atoms with Crippen LogP contribution in [0.1, 0.15) is 25.3 Å². The molecule has 3 rings (SSSR count). The summed E-state index contributed by atoms with van der Waals surface area (Å²) >= 11 is 6.18. The molecule has 3 N–H and O–H groups in total. The highest BCUT2D eigenvalue weighted by atomic mass is 35.5. The molecule has 2 aromatic rings. The third-order valence-corrected chi connectivity index (χ3v) is 6.63. The summed E-state index contributed by atoms with van der Waals surface area (Å²) in [5, 5.41) is 8.39. The molecule has 1 fully saturated rings. The lowest BCUT2D eigenvalue weighted by atomic mass is 10.0. The second kappa shape index (κ2) is 7.51. The van der Waals surface area contributed by atoms with Crippen molar-refractivity contribution in [3.05, 3.63) is 47.0 Å². The molecule has 156 valence electrons. The van der Waals surface area contributed by atoms with Crippen molar-refractivity contribution in [3.8, 4) is 11.5 Å². The number of halogens is 1. The van der Waals surface area contributed by atoms with E-state index >= 15 is 0 Å². The number of rotatable bonds is 6. The highest BCUT2D eigenvalue weighted by Gasteiger charge is 2.62. The summed E-state index contributed by atoms with van der Waals surface area (Å²) in [7, 11) is -0.765. The minimum atomic E-state index is -3.76. The molecule has 0 bridgehead atoms. The lowest BCUT2D eigenvalue weighted by molar-refractivity contribution is -0.118. The van der Waals surface area contributed by atoms with Gasteiger partial charge in [0.2, 0.25) is 15.9 Å². The number of nitrogens with one attached hydrogen (secondary N) is 1. The molecule has 1 aliphatic rings. The fourth-order valence-electron chi connectivity index (χ4n) is 3.78. The van der Waals surface area contributed by atoms with Crippen molar-refractivity contribution in [2.24, 2.45) is 16.5 Å². The molecule has 0 aromatic heterocycles. The molecule has 2 atom stereocenters. The first-order valence-electron chi connectivity index (χ1n) is 8.86. The Kier molecular flexibility index (Phi) is 5.55. The van der Waals surface area contributed by atoms with Gasteiger partial charge in [-0.3, -0.25) is 4.79 Å². The van der Waals surface area contributed by atoms with E-state index in [9.17, 15) is 13.2 Å². The minimum absolute atomic E-state index is 0.0401. The number of sulfonamides is 1. The molecule has 1 aliphatic carbocycles. The first-order chi connectivity index (χ1) is 13.5. The van der Waals surface area contributed by atoms with Gasteiger partial charge in [-0.25, -0.2) is 13.6 Å². The van der Waals surface area contributed by atoms with Gasteiger partial charge in [0.15, 0.2) is 0 Å². The monoisotopic (exact) mass is 438 g/mol. The van der Waals surface area contributed by atoms with Gasteiger partial charge in [-0.1, -0.05) is 37.6 Å². The Hall–Kier alpha value is -2.29. The maximum atomic E-state index is 13.0. The van der Waals surface area contributed by atoms with Crippen LogP contribution in [0, 0.1) is 11.3 Å². The number of carbonyl (C=O) groups is 1. The van der Waals surface area contributed by atoms with E-state index in [1.165, 1.54) is 26.4 Å². The van der Waals surface area contributed by atoms with Crippen molar-refractivity contribution in [1.29, 1.82) is 0 Å². The van der Waals surface area contributed by atoms with Gasteiger partial charge in [-0.15, -0.1) is 0 Å². The zero-order valence-corrected chi connectivity index (χ0v) is 18.1. The number of carbonyl (C=O) groups excluding carboxylic acids is 1. The van der Waals surface area contributed by atoms with Gasteiger partial charge in [0, 0.05) is 12.0 Å². The first kappa shape index (κ1) is 21.4. The van der Waals surface area contributed by atoms with Gasteiger partial charge in [0.05, 0.1) is 35.7 Å². The van der Waals surface area contributed by atoms with E-state index in [-0.39, 0.29) is 28.1 Å². The topological polar surface area (TPSA) is 108 Å². The number of hydrogen-bond donors (Lipinski definition) is 2. The maximum Gasteiger partial charge on any atom is 0.238 e. The molecule has 0 saturated heterocycles. The Morgan fingerprint density at radius 2 is 1.69 bits per heavy atom. The zero-order chi connectivity index (χ0) is 21.6. The van der Waals surface area contributed by atoms with Crippen LogP contribution in [0.15, 0.2) is 41.3 Å². The van der Waals surface area contributed by atoms with Crippen LogP contribution in [-0.4, -0.2) is 28.5 Å². The van der Waals surface area contributed by atoms with E-state index < -0.39 is 10.0 Å². The standard InChI is InChI=1S/C20H23ClN2O5S/c1-20(2)17(11-5-7-12(8-6-11)29(22,25)26)18(20)19(24)23-14-9-13(21)15(27-3)10-16(14)28-4/h5-10,17-18H,1-4H3,(H,23,24)(H2,22,25,26)/t17-,18+/m1/s1. The summed E-state index contributed by atoms with van der Waals surface area (Å²) in [6.07, 6.45) is 0. The van der Waals surface area contributed by atoms with Gasteiger partial charge >= 0.3 is 0 Å². The summed E-state index contributed by atoms with van der Waals surface area (Å²) < 4.78 is 33.4. The van der Waals surface area contributed by atoms with Crippen LogP contribution in [0.3, 0.4) is 0 Å². The van der Waals surface area contributed by atoms with Crippen LogP contribution in [0.2, 0.25) is 5.02 Å². The zero-order valence-electron chi connectivity index (χ0n) is 16.5. The van der Waals surface area contributed by atoms with E-state index in [2.05, 4.69) is 5.32 Å². The van der Waals surface area contributed by atoms with Crippen LogP contribution in [0.4, 0.5) is 5.69 Å². The first-order valence-corrected chi connectivity index (χ1v) is 10.8. The van der Waals surface area contributed by atoms with Crippen molar-refractivity contribution in [2.75, 3.05) is 19.5 Å². The number of amides is 1. The molecule has 1 saturated carbocycles. The van der Waals surface area contributed by atoms with Crippen molar-refractivity contribution in [3.63, 3.8) is 0 Å². The molecule has 0 unspecified atom stereocenters. The normalized spacial score (nSPS) is 20.1. The fourth-order valence-corrected chi connectivity index (χ4v) is 4.54. The third-order valence-electron chi connectivity index (χ3n) is 5.41. The van der Waals surface area contributed by atoms with Crippen molar-refractivity contribution in [1.82, 2.24) is 0 Å². The lowest BCUT2D eigenvalue weighted by Gasteiger charge is -2.13. The second-order valence-corrected chi connectivity index (χ2v) is 9.54. The number of methoxy groups -OCH3 is 2. The van der Waals surface area contributed by atoms with Crippen LogP contribution >= 0.6 is 11.6 Å². The number of primary sulfonamides is 1. The second-order valence-electron chi connectivity index (χ2n) is 7.57. The summed E-state index contributed by atoms with van der Waals surface area (Å²) in [6.45, 7) is 3.99. The average molecular weight is 439 g/mol. The Morgan fingerprint density at radius 1 is 1.10 bits per heavy atom. The van der Waals surface area contributed by atoms with Crippen LogP contribution in [0.25, 0.3) is 0 Å². The molecule has 0 spiro atoms. The minimum Gasteiger partial charge on any atom is -0.495 e. The van der Waals surface area contributed by atoms with Crippen molar-refractivity contribution >= 4 is 33.2 Å². The molecule has 0 aliphatic heterocycles. The summed E-state index contributed by atoms with van der Waals surface area (Å²) in [4.78, 5) is 13.0. The quantitative estimate of drug-likeness (QED) is 0.718. The predicted molar refractivity (Wildman–Crippen MR) is 111 cm³/mol. The van der Waals surface area contributed by atoms with Gasteiger partial charge in [-0.2, -0.15) is 0 Å².